The fraction of sp³-hybridized carbons (Fsp3) is 0.364. The number of nitrogens with one attached hydrogen (secondary N) is 1. The molecule has 4 heteroatoms. The summed E-state index contributed by atoms with van der Waals surface area (Å²) < 4.78 is -0.540. The topological polar surface area (TPSA) is 29.1 Å². The van der Waals surface area contributed by atoms with E-state index in [2.05, 4.69) is 37.2 Å². The molecule has 1 N–H and O–H groups in total. The van der Waals surface area contributed by atoms with Gasteiger partial charge in [0.1, 0.15) is 4.32 Å². The van der Waals surface area contributed by atoms with E-state index < -0.39 is 4.32 Å². The first kappa shape index (κ1) is 12.7. The van der Waals surface area contributed by atoms with Crippen LogP contribution in [0.25, 0.3) is 0 Å². The molecule has 2 nitrogen and oxygen atoms in total. The molecule has 0 fully saturated rings. The summed E-state index contributed by atoms with van der Waals surface area (Å²) in [6.07, 6.45) is 0. The quantitative estimate of drug-likeness (QED) is 0.843. The second-order valence-corrected chi connectivity index (χ2v) is 5.81. The van der Waals surface area contributed by atoms with Crippen molar-refractivity contribution >= 4 is 37.8 Å². The van der Waals surface area contributed by atoms with Crippen molar-refractivity contribution < 1.29 is 4.79 Å². The Morgan fingerprint density at radius 2 is 2.00 bits per heavy atom. The highest BCUT2D eigenvalue weighted by molar-refractivity contribution is 9.12. The van der Waals surface area contributed by atoms with Crippen molar-refractivity contribution in [3.05, 3.63) is 35.9 Å². The number of rotatable bonds is 4. The number of carbonyl (C=O) groups is 1. The Hall–Kier alpha value is -0.350. The van der Waals surface area contributed by atoms with Crippen LogP contribution >= 0.6 is 31.9 Å². The van der Waals surface area contributed by atoms with E-state index in [1.807, 2.05) is 37.3 Å². The van der Waals surface area contributed by atoms with E-state index in [9.17, 15) is 4.79 Å². The number of carbonyl (C=O) groups excluding carboxylic acids is 1. The zero-order chi connectivity index (χ0) is 11.3. The number of benzene rings is 1. The number of alkyl halides is 2. The minimum Gasteiger partial charge on any atom is -0.351 e. The molecule has 1 aromatic carbocycles. The maximum absolute atomic E-state index is 11.7. The van der Waals surface area contributed by atoms with Crippen molar-refractivity contribution in [1.82, 2.24) is 5.32 Å². The van der Waals surface area contributed by atoms with Crippen LogP contribution in [0, 0.1) is 0 Å². The maximum Gasteiger partial charge on any atom is 0.237 e. The molecule has 82 valence electrons. The molecule has 1 atom stereocenters. The highest BCUT2D eigenvalue weighted by Gasteiger charge is 2.27. The summed E-state index contributed by atoms with van der Waals surface area (Å²) in [6, 6.07) is 9.84. The molecule has 0 aliphatic carbocycles. The first-order chi connectivity index (χ1) is 7.06. The van der Waals surface area contributed by atoms with Gasteiger partial charge in [0.05, 0.1) is 0 Å². The van der Waals surface area contributed by atoms with Gasteiger partial charge in [0.25, 0.3) is 0 Å². The summed E-state index contributed by atoms with van der Waals surface area (Å²) in [6.45, 7) is 2.40. The minimum absolute atomic E-state index is 0.0109. The van der Waals surface area contributed by atoms with Crippen LogP contribution in [-0.2, 0) is 11.3 Å². The van der Waals surface area contributed by atoms with Crippen LogP contribution < -0.4 is 5.32 Å². The number of amides is 1. The van der Waals surface area contributed by atoms with E-state index in [1.54, 1.807) is 0 Å². The molecule has 0 aliphatic heterocycles. The molecule has 0 bridgehead atoms. The van der Waals surface area contributed by atoms with Gasteiger partial charge in [-0.2, -0.15) is 0 Å². The molecule has 0 aromatic heterocycles. The molecule has 15 heavy (non-hydrogen) atoms. The van der Waals surface area contributed by atoms with Gasteiger partial charge in [0.15, 0.2) is 0 Å². The van der Waals surface area contributed by atoms with Gasteiger partial charge in [0.2, 0.25) is 5.91 Å². The van der Waals surface area contributed by atoms with Crippen molar-refractivity contribution in [2.45, 2.75) is 17.8 Å². The van der Waals surface area contributed by atoms with E-state index in [-0.39, 0.29) is 5.91 Å². The van der Waals surface area contributed by atoms with Crippen LogP contribution in [0.1, 0.15) is 12.5 Å². The Bertz CT molecular complexity index is 325. The van der Waals surface area contributed by atoms with Crippen LogP contribution in [-0.4, -0.2) is 15.6 Å². The predicted octanol–water partition coefficient (Wildman–Crippen LogP) is 2.85. The average molecular weight is 335 g/mol. The average Bonchev–Trinajstić information content (AvgIpc) is 2.27. The highest BCUT2D eigenvalue weighted by atomic mass is 79.9. The summed E-state index contributed by atoms with van der Waals surface area (Å²) in [7, 11) is 0. The van der Waals surface area contributed by atoms with Gasteiger partial charge >= 0.3 is 0 Å². The number of halogens is 2. The lowest BCUT2D eigenvalue weighted by molar-refractivity contribution is -0.122. The Labute approximate surface area is 107 Å². The van der Waals surface area contributed by atoms with Crippen LogP contribution in [0.5, 0.6) is 0 Å². The van der Waals surface area contributed by atoms with Crippen molar-refractivity contribution in [3.8, 4) is 0 Å². The molecular formula is C11H13Br2NO. The van der Waals surface area contributed by atoms with E-state index in [1.165, 1.54) is 0 Å². The Morgan fingerprint density at radius 3 is 2.53 bits per heavy atom. The molecule has 0 saturated heterocycles. The van der Waals surface area contributed by atoms with E-state index >= 15 is 0 Å². The lowest BCUT2D eigenvalue weighted by Gasteiger charge is -2.18. The number of hydrogen-bond acceptors (Lipinski definition) is 1. The first-order valence-corrected chi connectivity index (χ1v) is 6.55. The normalized spacial score (nSPS) is 14.3. The van der Waals surface area contributed by atoms with Crippen LogP contribution in [0.3, 0.4) is 0 Å². The lowest BCUT2D eigenvalue weighted by Crippen LogP contribution is -2.40. The van der Waals surface area contributed by atoms with Crippen LogP contribution in [0.15, 0.2) is 30.3 Å². The van der Waals surface area contributed by atoms with Crippen LogP contribution in [0.4, 0.5) is 0 Å². The molecule has 0 radical (unpaired) electrons. The Balaban J connectivity index is 2.48. The summed E-state index contributed by atoms with van der Waals surface area (Å²) in [5.74, 6) is -0.0109. The van der Waals surface area contributed by atoms with Crippen molar-refractivity contribution in [3.63, 3.8) is 0 Å². The molecule has 0 aliphatic rings. The van der Waals surface area contributed by atoms with Gasteiger partial charge in [-0.15, -0.1) is 0 Å². The third-order valence-electron chi connectivity index (χ3n) is 2.02. The Kier molecular flexibility index (Phi) is 4.80. The maximum atomic E-state index is 11.7. The van der Waals surface area contributed by atoms with E-state index in [0.29, 0.717) is 11.9 Å². The van der Waals surface area contributed by atoms with Gasteiger partial charge < -0.3 is 5.32 Å². The van der Waals surface area contributed by atoms with Crippen molar-refractivity contribution in [2.75, 3.05) is 5.33 Å². The summed E-state index contributed by atoms with van der Waals surface area (Å²) in [5, 5.41) is 3.46. The molecule has 0 spiro atoms. The SMILES string of the molecule is CC(Br)(CBr)C(=O)NCc1ccccc1. The smallest absolute Gasteiger partial charge is 0.237 e. The highest BCUT2D eigenvalue weighted by Crippen LogP contribution is 2.20. The summed E-state index contributed by atoms with van der Waals surface area (Å²) in [5.41, 5.74) is 1.10. The van der Waals surface area contributed by atoms with E-state index in [0.717, 1.165) is 5.56 Å². The van der Waals surface area contributed by atoms with Gasteiger partial charge in [-0.3, -0.25) is 4.79 Å². The molecule has 1 aromatic rings. The van der Waals surface area contributed by atoms with E-state index in [4.69, 9.17) is 0 Å². The molecule has 1 unspecified atom stereocenters. The minimum atomic E-state index is -0.540. The second kappa shape index (κ2) is 5.66. The summed E-state index contributed by atoms with van der Waals surface area (Å²) >= 11 is 6.65. The zero-order valence-corrected chi connectivity index (χ0v) is 11.6. The monoisotopic (exact) mass is 333 g/mol. The zero-order valence-electron chi connectivity index (χ0n) is 8.47. The standard InChI is InChI=1S/C11H13Br2NO/c1-11(13,8-12)10(15)14-7-9-5-3-2-4-6-9/h2-6H,7-8H2,1H3,(H,14,15). The Morgan fingerprint density at radius 1 is 1.40 bits per heavy atom. The van der Waals surface area contributed by atoms with Gasteiger partial charge in [-0.05, 0) is 12.5 Å². The predicted molar refractivity (Wildman–Crippen MR) is 69.4 cm³/mol. The van der Waals surface area contributed by atoms with Gasteiger partial charge in [-0.25, -0.2) is 0 Å². The largest absolute Gasteiger partial charge is 0.351 e. The summed E-state index contributed by atoms with van der Waals surface area (Å²) in [4.78, 5) is 11.7. The van der Waals surface area contributed by atoms with Crippen molar-refractivity contribution in [2.24, 2.45) is 0 Å². The van der Waals surface area contributed by atoms with Crippen LogP contribution in [0.2, 0.25) is 0 Å². The fourth-order valence-corrected chi connectivity index (χ4v) is 1.42. The third-order valence-corrected chi connectivity index (χ3v) is 4.53. The molecule has 0 heterocycles. The molecule has 0 saturated carbocycles. The third kappa shape index (κ3) is 3.95. The van der Waals surface area contributed by atoms with Crippen molar-refractivity contribution in [1.29, 1.82) is 0 Å². The molecule has 1 rings (SSSR count). The first-order valence-electron chi connectivity index (χ1n) is 4.63. The fourth-order valence-electron chi connectivity index (χ4n) is 1.02. The number of hydrogen-bond donors (Lipinski definition) is 1. The molecular weight excluding hydrogens is 322 g/mol. The van der Waals surface area contributed by atoms with Gasteiger partial charge in [0, 0.05) is 11.9 Å². The lowest BCUT2D eigenvalue weighted by atomic mass is 10.2. The second-order valence-electron chi connectivity index (χ2n) is 3.50. The molecule has 1 amide bonds. The van der Waals surface area contributed by atoms with Gasteiger partial charge in [-0.1, -0.05) is 62.2 Å².